The van der Waals surface area contributed by atoms with Crippen LogP contribution in [0, 0.1) is 6.92 Å². The summed E-state index contributed by atoms with van der Waals surface area (Å²) in [6.45, 7) is 1.98. The first kappa shape index (κ1) is 10.4. The molecule has 80 valence electrons. The highest BCUT2D eigenvalue weighted by Gasteiger charge is 2.30. The summed E-state index contributed by atoms with van der Waals surface area (Å²) in [7, 11) is 0. The topological polar surface area (TPSA) is 62.2 Å². The Bertz CT molecular complexity index is 366. The van der Waals surface area contributed by atoms with Gasteiger partial charge in [-0.1, -0.05) is 6.07 Å². The molecule has 4 nitrogen and oxygen atoms in total. The molecule has 0 spiro atoms. The molecule has 1 aliphatic rings. The van der Waals surface area contributed by atoms with Crippen LogP contribution < -0.4 is 5.32 Å². The van der Waals surface area contributed by atoms with E-state index in [1.807, 2.05) is 19.1 Å². The Balaban J connectivity index is 2.07. The summed E-state index contributed by atoms with van der Waals surface area (Å²) >= 11 is 1.58. The molecule has 1 aromatic heterocycles. The maximum atomic E-state index is 10.7. The molecule has 1 aromatic rings. The van der Waals surface area contributed by atoms with Crippen LogP contribution >= 0.6 is 11.8 Å². The van der Waals surface area contributed by atoms with Gasteiger partial charge in [0.25, 0.3) is 0 Å². The quantitative estimate of drug-likeness (QED) is 0.789. The number of nitrogens with zero attached hydrogens (tertiary/aromatic N) is 1. The van der Waals surface area contributed by atoms with E-state index in [0.717, 1.165) is 11.3 Å². The van der Waals surface area contributed by atoms with Crippen molar-refractivity contribution in [3.63, 3.8) is 0 Å². The summed E-state index contributed by atoms with van der Waals surface area (Å²) in [5.74, 6) is -0.202. The molecule has 1 aliphatic heterocycles. The number of aryl methyl sites for hydroxylation is 1. The van der Waals surface area contributed by atoms with Crippen LogP contribution in [0.1, 0.15) is 16.6 Å². The van der Waals surface area contributed by atoms with Gasteiger partial charge in [0.15, 0.2) is 0 Å². The number of rotatable bonds is 2. The van der Waals surface area contributed by atoms with Gasteiger partial charge in [-0.2, -0.15) is 0 Å². The lowest BCUT2D eigenvalue weighted by Gasteiger charge is -2.10. The van der Waals surface area contributed by atoms with Crippen molar-refractivity contribution in [3.8, 4) is 0 Å². The molecule has 0 bridgehead atoms. The Hall–Kier alpha value is -1.07. The van der Waals surface area contributed by atoms with E-state index in [0.29, 0.717) is 5.75 Å². The Labute approximate surface area is 92.1 Å². The van der Waals surface area contributed by atoms with Crippen molar-refractivity contribution in [1.29, 1.82) is 0 Å². The number of thioether (sulfide) groups is 1. The molecule has 2 N–H and O–H groups in total. The summed E-state index contributed by atoms with van der Waals surface area (Å²) in [6.07, 6.45) is 1.80. The smallest absolute Gasteiger partial charge is 0.321 e. The van der Waals surface area contributed by atoms with Gasteiger partial charge in [0, 0.05) is 11.9 Å². The van der Waals surface area contributed by atoms with Crippen LogP contribution in [-0.2, 0) is 4.79 Å². The summed E-state index contributed by atoms with van der Waals surface area (Å²) in [5.41, 5.74) is 2.01. The normalized spacial score (nSPS) is 25.4. The summed E-state index contributed by atoms with van der Waals surface area (Å²) in [4.78, 5) is 15.0. The Morgan fingerprint density at radius 2 is 2.47 bits per heavy atom. The van der Waals surface area contributed by atoms with E-state index < -0.39 is 12.0 Å². The molecule has 15 heavy (non-hydrogen) atoms. The Kier molecular flexibility index (Phi) is 2.93. The molecule has 5 heteroatoms. The van der Waals surface area contributed by atoms with Gasteiger partial charge in [-0.25, -0.2) is 0 Å². The van der Waals surface area contributed by atoms with E-state index in [1.165, 1.54) is 0 Å². The number of carboxylic acid groups (broad SMARTS) is 1. The second kappa shape index (κ2) is 4.20. The van der Waals surface area contributed by atoms with Gasteiger partial charge in [-0.15, -0.1) is 11.8 Å². The fourth-order valence-electron chi connectivity index (χ4n) is 1.42. The first-order valence-corrected chi connectivity index (χ1v) is 5.74. The number of hydrogen-bond acceptors (Lipinski definition) is 4. The van der Waals surface area contributed by atoms with Crippen LogP contribution in [0.5, 0.6) is 0 Å². The van der Waals surface area contributed by atoms with E-state index in [2.05, 4.69) is 10.3 Å². The third kappa shape index (κ3) is 2.30. The molecular formula is C10H12N2O2S. The predicted octanol–water partition coefficient (Wildman–Crippen LogP) is 1.18. The Morgan fingerprint density at radius 1 is 1.67 bits per heavy atom. The maximum Gasteiger partial charge on any atom is 0.321 e. The van der Waals surface area contributed by atoms with Gasteiger partial charge in [0.05, 0.1) is 11.1 Å². The van der Waals surface area contributed by atoms with Gasteiger partial charge in [0.1, 0.15) is 6.04 Å². The first-order valence-electron chi connectivity index (χ1n) is 4.70. The molecule has 0 amide bonds. The van der Waals surface area contributed by atoms with E-state index in [1.54, 1.807) is 18.0 Å². The number of nitrogens with one attached hydrogen (secondary N) is 1. The minimum absolute atomic E-state index is 0.00620. The monoisotopic (exact) mass is 224 g/mol. The molecule has 1 fully saturated rings. The number of aromatic nitrogens is 1. The average Bonchev–Trinajstić information content (AvgIpc) is 2.68. The molecular weight excluding hydrogens is 212 g/mol. The third-order valence-corrected chi connectivity index (χ3v) is 3.52. The first-order chi connectivity index (χ1) is 7.16. The van der Waals surface area contributed by atoms with Crippen molar-refractivity contribution in [2.45, 2.75) is 18.3 Å². The van der Waals surface area contributed by atoms with Crippen molar-refractivity contribution in [3.05, 3.63) is 29.6 Å². The predicted molar refractivity (Wildman–Crippen MR) is 58.7 cm³/mol. The molecule has 2 atom stereocenters. The molecule has 1 unspecified atom stereocenters. The van der Waals surface area contributed by atoms with Crippen LogP contribution in [0.25, 0.3) is 0 Å². The highest BCUT2D eigenvalue weighted by atomic mass is 32.2. The van der Waals surface area contributed by atoms with Crippen LogP contribution in [0.15, 0.2) is 18.3 Å². The average molecular weight is 224 g/mol. The number of aliphatic carboxylic acids is 1. The zero-order chi connectivity index (χ0) is 10.8. The second-order valence-electron chi connectivity index (χ2n) is 3.53. The molecule has 0 aliphatic carbocycles. The zero-order valence-electron chi connectivity index (χ0n) is 8.30. The maximum absolute atomic E-state index is 10.7. The molecule has 1 saturated heterocycles. The fourth-order valence-corrected chi connectivity index (χ4v) is 2.61. The molecule has 2 rings (SSSR count). The van der Waals surface area contributed by atoms with Crippen molar-refractivity contribution < 1.29 is 9.90 Å². The van der Waals surface area contributed by atoms with Gasteiger partial charge in [-0.3, -0.25) is 15.1 Å². The summed E-state index contributed by atoms with van der Waals surface area (Å²) < 4.78 is 0. The number of carboxylic acids is 1. The standard InChI is InChI=1S/C10H12N2O2S/c1-6-2-3-7(11-4-6)9-12-8(5-15-9)10(13)14/h2-4,8-9,12H,5H2,1H3,(H,13,14)/t8-,9?/m1/s1. The third-order valence-electron chi connectivity index (χ3n) is 2.28. The largest absolute Gasteiger partial charge is 0.480 e. The van der Waals surface area contributed by atoms with E-state index in [-0.39, 0.29) is 5.37 Å². The van der Waals surface area contributed by atoms with Crippen LogP contribution in [0.2, 0.25) is 0 Å². The number of hydrogen-bond donors (Lipinski definition) is 2. The van der Waals surface area contributed by atoms with Crippen molar-refractivity contribution >= 4 is 17.7 Å². The lowest BCUT2D eigenvalue weighted by Crippen LogP contribution is -2.33. The minimum Gasteiger partial charge on any atom is -0.480 e. The number of pyridine rings is 1. The molecule has 0 saturated carbocycles. The van der Waals surface area contributed by atoms with Crippen molar-refractivity contribution in [2.24, 2.45) is 0 Å². The van der Waals surface area contributed by atoms with Crippen LogP contribution in [-0.4, -0.2) is 27.9 Å². The van der Waals surface area contributed by atoms with Gasteiger partial charge in [-0.05, 0) is 18.6 Å². The lowest BCUT2D eigenvalue weighted by atomic mass is 10.2. The van der Waals surface area contributed by atoms with Gasteiger partial charge in [0.2, 0.25) is 0 Å². The SMILES string of the molecule is Cc1ccc(C2N[C@@H](C(=O)O)CS2)nc1. The highest BCUT2D eigenvalue weighted by molar-refractivity contribution is 7.99. The molecule has 0 radical (unpaired) electrons. The van der Waals surface area contributed by atoms with Gasteiger partial charge >= 0.3 is 5.97 Å². The van der Waals surface area contributed by atoms with E-state index >= 15 is 0 Å². The van der Waals surface area contributed by atoms with Crippen LogP contribution in [0.3, 0.4) is 0 Å². The zero-order valence-corrected chi connectivity index (χ0v) is 9.12. The Morgan fingerprint density at radius 3 is 3.00 bits per heavy atom. The molecule has 0 aromatic carbocycles. The summed E-state index contributed by atoms with van der Waals surface area (Å²) in [6, 6.07) is 3.46. The van der Waals surface area contributed by atoms with Crippen LogP contribution in [0.4, 0.5) is 0 Å². The molecule has 2 heterocycles. The number of carbonyl (C=O) groups is 1. The van der Waals surface area contributed by atoms with Crippen molar-refractivity contribution in [2.75, 3.05) is 5.75 Å². The van der Waals surface area contributed by atoms with E-state index in [4.69, 9.17) is 5.11 Å². The van der Waals surface area contributed by atoms with Gasteiger partial charge < -0.3 is 5.11 Å². The highest BCUT2D eigenvalue weighted by Crippen LogP contribution is 2.31. The lowest BCUT2D eigenvalue weighted by molar-refractivity contribution is -0.138. The summed E-state index contributed by atoms with van der Waals surface area (Å²) in [5, 5.41) is 11.9. The minimum atomic E-state index is -0.794. The van der Waals surface area contributed by atoms with E-state index in [9.17, 15) is 4.79 Å². The second-order valence-corrected chi connectivity index (χ2v) is 4.67. The fraction of sp³-hybridized carbons (Fsp3) is 0.400. The van der Waals surface area contributed by atoms with Crippen molar-refractivity contribution in [1.82, 2.24) is 10.3 Å².